The number of hydrogen-bond donors (Lipinski definition) is 1. The second-order valence-electron chi connectivity index (χ2n) is 6.32. The molecule has 0 unspecified atom stereocenters. The maximum absolute atomic E-state index is 14.4. The minimum absolute atomic E-state index is 0.0819. The van der Waals surface area contributed by atoms with Crippen molar-refractivity contribution in [3.8, 4) is 11.4 Å². The maximum Gasteiger partial charge on any atom is 0.229 e. The molecular weight excluding hydrogens is 371 g/mol. The number of aromatic nitrogens is 5. The van der Waals surface area contributed by atoms with E-state index in [1.54, 1.807) is 6.20 Å². The van der Waals surface area contributed by atoms with Crippen molar-refractivity contribution in [1.82, 2.24) is 24.5 Å². The molecule has 3 rings (SSSR count). The second-order valence-corrected chi connectivity index (χ2v) is 8.34. The van der Waals surface area contributed by atoms with Crippen molar-refractivity contribution in [3.63, 3.8) is 0 Å². The van der Waals surface area contributed by atoms with Gasteiger partial charge in [0.2, 0.25) is 5.95 Å². The molecule has 0 aliphatic carbocycles. The quantitative estimate of drug-likeness (QED) is 0.714. The van der Waals surface area contributed by atoms with Gasteiger partial charge in [-0.05, 0) is 32.9 Å². The van der Waals surface area contributed by atoms with Crippen LogP contribution in [0.5, 0.6) is 0 Å². The van der Waals surface area contributed by atoms with E-state index < -0.39 is 15.7 Å². The fourth-order valence-electron chi connectivity index (χ4n) is 2.68. The summed E-state index contributed by atoms with van der Waals surface area (Å²) in [4.78, 5) is 16.6. The molecule has 0 aliphatic rings. The zero-order chi connectivity index (χ0) is 19.8. The summed E-state index contributed by atoms with van der Waals surface area (Å²) in [6, 6.07) is 3.00. The maximum atomic E-state index is 14.4. The number of rotatable bonds is 5. The molecular formula is C17H19FN6O2S. The van der Waals surface area contributed by atoms with Crippen LogP contribution in [0.1, 0.15) is 25.7 Å². The molecule has 0 spiro atoms. The lowest BCUT2D eigenvalue weighted by molar-refractivity contribution is 0.578. The minimum atomic E-state index is -3.33. The highest BCUT2D eigenvalue weighted by Gasteiger charge is 2.18. The molecule has 142 valence electrons. The monoisotopic (exact) mass is 390 g/mol. The predicted molar refractivity (Wildman–Crippen MR) is 99.0 cm³/mol. The lowest BCUT2D eigenvalue weighted by Crippen LogP contribution is -2.08. The number of halogens is 1. The van der Waals surface area contributed by atoms with Crippen LogP contribution in [0.3, 0.4) is 0 Å². The number of pyridine rings is 1. The topological polar surface area (TPSA) is 103 Å². The van der Waals surface area contributed by atoms with Crippen LogP contribution in [0.2, 0.25) is 0 Å². The van der Waals surface area contributed by atoms with Crippen molar-refractivity contribution in [2.24, 2.45) is 0 Å². The molecule has 0 atom stereocenters. The minimum Gasteiger partial charge on any atom is -0.324 e. The summed E-state index contributed by atoms with van der Waals surface area (Å²) in [6.45, 7) is 5.79. The molecule has 0 radical (unpaired) electrons. The van der Waals surface area contributed by atoms with Gasteiger partial charge >= 0.3 is 0 Å². The van der Waals surface area contributed by atoms with Crippen molar-refractivity contribution in [2.75, 3.05) is 11.6 Å². The van der Waals surface area contributed by atoms with Gasteiger partial charge in [0, 0.05) is 18.5 Å². The molecule has 0 saturated heterocycles. The predicted octanol–water partition coefficient (Wildman–Crippen LogP) is 2.91. The molecule has 0 amide bonds. The summed E-state index contributed by atoms with van der Waals surface area (Å²) < 4.78 is 39.2. The van der Waals surface area contributed by atoms with Crippen LogP contribution in [0.4, 0.5) is 16.2 Å². The summed E-state index contributed by atoms with van der Waals surface area (Å²) in [7, 11) is -3.33. The molecule has 0 bridgehead atoms. The van der Waals surface area contributed by atoms with E-state index in [9.17, 15) is 12.8 Å². The standard InChI is InChI=1S/C17H19FN6O2S/c1-10(2)24-11(3)19-9-14(24)16-13(18)8-21-17(23-16)22-15-6-5-12(7-20-15)27(4,25)26/h5-10H,1-4H3,(H,20,21,22,23). The molecule has 0 fully saturated rings. The number of nitrogens with zero attached hydrogens (tertiary/aromatic N) is 5. The third kappa shape index (κ3) is 3.95. The van der Waals surface area contributed by atoms with Crippen molar-refractivity contribution in [3.05, 3.63) is 42.4 Å². The van der Waals surface area contributed by atoms with E-state index in [-0.39, 0.29) is 22.6 Å². The zero-order valence-electron chi connectivity index (χ0n) is 15.3. The molecule has 1 N–H and O–H groups in total. The Labute approximate surface area is 156 Å². The number of nitrogens with one attached hydrogen (secondary N) is 1. The SMILES string of the molecule is Cc1ncc(-c2nc(Nc3ccc(S(C)(=O)=O)cn3)ncc2F)n1C(C)C. The number of sulfone groups is 1. The van der Waals surface area contributed by atoms with Gasteiger partial charge in [0.1, 0.15) is 17.3 Å². The third-order valence-electron chi connectivity index (χ3n) is 3.89. The molecule has 10 heteroatoms. The first-order valence-corrected chi connectivity index (χ1v) is 10.1. The van der Waals surface area contributed by atoms with Gasteiger partial charge in [-0.1, -0.05) is 0 Å². The molecule has 0 aliphatic heterocycles. The molecule has 8 nitrogen and oxygen atoms in total. The molecule has 27 heavy (non-hydrogen) atoms. The first-order valence-electron chi connectivity index (χ1n) is 8.16. The highest BCUT2D eigenvalue weighted by Crippen LogP contribution is 2.26. The second kappa shape index (κ2) is 7.03. The first kappa shape index (κ1) is 18.9. The Balaban J connectivity index is 1.95. The molecule has 3 heterocycles. The zero-order valence-corrected chi connectivity index (χ0v) is 16.1. The highest BCUT2D eigenvalue weighted by molar-refractivity contribution is 7.90. The largest absolute Gasteiger partial charge is 0.324 e. The number of imidazole rings is 1. The summed E-state index contributed by atoms with van der Waals surface area (Å²) >= 11 is 0. The van der Waals surface area contributed by atoms with Crippen molar-refractivity contribution < 1.29 is 12.8 Å². The van der Waals surface area contributed by atoms with Crippen LogP contribution < -0.4 is 5.32 Å². The highest BCUT2D eigenvalue weighted by atomic mass is 32.2. The van der Waals surface area contributed by atoms with Gasteiger partial charge in [-0.3, -0.25) is 0 Å². The molecule has 0 saturated carbocycles. The van der Waals surface area contributed by atoms with Crippen LogP contribution in [-0.4, -0.2) is 39.2 Å². The van der Waals surface area contributed by atoms with Crippen molar-refractivity contribution in [2.45, 2.75) is 31.7 Å². The number of anilines is 2. The van der Waals surface area contributed by atoms with Crippen LogP contribution in [0.25, 0.3) is 11.4 Å². The first-order chi connectivity index (χ1) is 12.7. The van der Waals surface area contributed by atoms with Crippen LogP contribution >= 0.6 is 0 Å². The van der Waals surface area contributed by atoms with Crippen LogP contribution in [0, 0.1) is 12.7 Å². The van der Waals surface area contributed by atoms with Gasteiger partial charge in [0.25, 0.3) is 0 Å². The lowest BCUT2D eigenvalue weighted by atomic mass is 10.2. The summed E-state index contributed by atoms with van der Waals surface area (Å²) in [5.74, 6) is 0.668. The van der Waals surface area contributed by atoms with Gasteiger partial charge in [0.05, 0.1) is 23.0 Å². The molecule has 3 aromatic rings. The van der Waals surface area contributed by atoms with Gasteiger partial charge in [0.15, 0.2) is 15.7 Å². The van der Waals surface area contributed by atoms with Crippen molar-refractivity contribution in [1.29, 1.82) is 0 Å². The Kier molecular flexibility index (Phi) is 4.92. The molecule has 0 aromatic carbocycles. The van der Waals surface area contributed by atoms with Gasteiger partial charge in [-0.2, -0.15) is 0 Å². The lowest BCUT2D eigenvalue weighted by Gasteiger charge is -2.14. The Bertz CT molecular complexity index is 1080. The number of hydrogen-bond acceptors (Lipinski definition) is 7. The van der Waals surface area contributed by atoms with E-state index >= 15 is 0 Å². The smallest absolute Gasteiger partial charge is 0.229 e. The fourth-order valence-corrected chi connectivity index (χ4v) is 3.23. The summed E-state index contributed by atoms with van der Waals surface area (Å²) in [5, 5.41) is 2.85. The van der Waals surface area contributed by atoms with E-state index in [2.05, 4.69) is 25.3 Å². The van der Waals surface area contributed by atoms with Gasteiger partial charge in [-0.25, -0.2) is 32.7 Å². The van der Waals surface area contributed by atoms with E-state index in [1.165, 1.54) is 18.3 Å². The summed E-state index contributed by atoms with van der Waals surface area (Å²) in [5.41, 5.74) is 0.667. The fraction of sp³-hybridized carbons (Fsp3) is 0.294. The van der Waals surface area contributed by atoms with Crippen LogP contribution in [-0.2, 0) is 9.84 Å². The third-order valence-corrected chi connectivity index (χ3v) is 4.99. The number of aryl methyl sites for hydroxylation is 1. The normalized spacial score (nSPS) is 11.8. The Morgan fingerprint density at radius 1 is 1.11 bits per heavy atom. The average Bonchev–Trinajstić information content (AvgIpc) is 2.98. The summed E-state index contributed by atoms with van der Waals surface area (Å²) in [6.07, 6.45) is 4.98. The Hall–Kier alpha value is -2.88. The van der Waals surface area contributed by atoms with Gasteiger partial charge in [-0.15, -0.1) is 0 Å². The van der Waals surface area contributed by atoms with E-state index in [0.717, 1.165) is 18.3 Å². The Morgan fingerprint density at radius 3 is 2.44 bits per heavy atom. The van der Waals surface area contributed by atoms with E-state index in [0.29, 0.717) is 11.5 Å². The van der Waals surface area contributed by atoms with Gasteiger partial charge < -0.3 is 9.88 Å². The average molecular weight is 390 g/mol. The van der Waals surface area contributed by atoms with Crippen molar-refractivity contribution >= 4 is 21.6 Å². The van der Waals surface area contributed by atoms with E-state index in [4.69, 9.17) is 0 Å². The Morgan fingerprint density at radius 2 is 1.85 bits per heavy atom. The molecule has 3 aromatic heterocycles. The van der Waals surface area contributed by atoms with E-state index in [1.807, 2.05) is 25.3 Å². The van der Waals surface area contributed by atoms with Crippen LogP contribution in [0.15, 0.2) is 35.6 Å².